The summed E-state index contributed by atoms with van der Waals surface area (Å²) in [5.41, 5.74) is 3.75. The second kappa shape index (κ2) is 27.1. The standard InChI is InChI=1S/C9H8FNO4.C9H10FNO2.C7H4FNO4.C4H8O.C2H6O.O4S/c1-2-15-9(12)7-4-3-6(11(13)14)5-8(7)10;1-2-13-9(12)7-4-3-6(11)5-8(7)10;8-6-3-4(9(12)13)1-2-5(6)7(10)11;1-2-4-5-3-1;1-2-3;1-5-3-2-4-5/h3-5H,2H2,1H3;3-5H,2,11H2,1H3;1-3H,(H,10,11);1-4H2;3H,2H2,1H3;. The number of rotatable bonds is 7. The average Bonchev–Trinajstić information content (AvgIpc) is 3.69. The number of nitro groups is 2. The first-order chi connectivity index (χ1) is 25.5. The number of nitro benzene ring substituents is 2. The Bertz CT molecular complexity index is 1700. The molecule has 19 nitrogen and oxygen atoms in total. The van der Waals surface area contributed by atoms with Crippen molar-refractivity contribution in [3.63, 3.8) is 0 Å². The number of nitrogen functional groups attached to an aromatic ring is 1. The van der Waals surface area contributed by atoms with Crippen molar-refractivity contribution in [2.45, 2.75) is 33.6 Å². The van der Waals surface area contributed by atoms with E-state index in [-0.39, 0.29) is 36.6 Å². The lowest BCUT2D eigenvalue weighted by molar-refractivity contribution is -0.469. The van der Waals surface area contributed by atoms with Crippen LogP contribution in [0.5, 0.6) is 0 Å². The molecule has 3 aromatic rings. The van der Waals surface area contributed by atoms with Gasteiger partial charge in [0.1, 0.15) is 17.5 Å². The topological polar surface area (TPSA) is 276 Å². The van der Waals surface area contributed by atoms with E-state index in [0.29, 0.717) is 12.1 Å². The zero-order valence-electron chi connectivity index (χ0n) is 28.8. The second-order valence-corrected chi connectivity index (χ2v) is 10.1. The molecule has 3 aromatic carbocycles. The van der Waals surface area contributed by atoms with Crippen molar-refractivity contribution >= 4 is 46.3 Å². The maximum absolute atomic E-state index is 13.2. The fourth-order valence-corrected chi connectivity index (χ4v) is 3.35. The number of hydrogen-bond acceptors (Lipinski definition) is 16. The summed E-state index contributed by atoms with van der Waals surface area (Å²) in [6, 6.07) is 8.99. The number of carbonyl (C=O) groups excluding carboxylic acids is 2. The third-order valence-electron chi connectivity index (χ3n) is 5.54. The molecule has 2 saturated heterocycles. The Morgan fingerprint density at radius 3 is 1.41 bits per heavy atom. The van der Waals surface area contributed by atoms with Gasteiger partial charge in [-0.2, -0.15) is 4.21 Å². The van der Waals surface area contributed by atoms with E-state index in [2.05, 4.69) is 23.2 Å². The number of anilines is 1. The number of carboxylic acid groups (broad SMARTS) is 1. The van der Waals surface area contributed by atoms with Crippen LogP contribution in [-0.4, -0.2) is 75.2 Å². The molecule has 2 aliphatic rings. The van der Waals surface area contributed by atoms with E-state index in [0.717, 1.165) is 43.5 Å². The van der Waals surface area contributed by atoms with Gasteiger partial charge in [0.05, 0.1) is 51.9 Å². The van der Waals surface area contributed by atoms with Crippen molar-refractivity contribution in [1.29, 1.82) is 0 Å². The lowest BCUT2D eigenvalue weighted by Gasteiger charge is -2.02. The van der Waals surface area contributed by atoms with Crippen molar-refractivity contribution in [1.82, 2.24) is 0 Å². The highest BCUT2D eigenvalue weighted by Crippen LogP contribution is 2.18. The molecule has 0 aliphatic carbocycles. The second-order valence-electron chi connectivity index (χ2n) is 9.37. The molecule has 5 rings (SSSR count). The van der Waals surface area contributed by atoms with E-state index in [1.165, 1.54) is 25.0 Å². The van der Waals surface area contributed by atoms with E-state index in [4.69, 9.17) is 20.7 Å². The largest absolute Gasteiger partial charge is 0.478 e. The molecule has 0 radical (unpaired) electrons. The van der Waals surface area contributed by atoms with Crippen LogP contribution >= 0.6 is 0 Å². The average molecular weight is 796 g/mol. The highest BCUT2D eigenvalue weighted by Gasteiger charge is 2.17. The van der Waals surface area contributed by atoms with Crippen LogP contribution in [-0.2, 0) is 39.3 Å². The summed E-state index contributed by atoms with van der Waals surface area (Å²) in [5, 5.41) is 39.9. The molecule has 2 fully saturated rings. The minimum Gasteiger partial charge on any atom is -0.478 e. The number of aliphatic hydroxyl groups excluding tert-OH is 1. The van der Waals surface area contributed by atoms with Gasteiger partial charge >= 0.3 is 29.3 Å². The number of nitrogens with two attached hydrogens (primary N) is 1. The van der Waals surface area contributed by atoms with Gasteiger partial charge in [-0.15, -0.1) is 0 Å². The Kier molecular flexibility index (Phi) is 24.3. The Balaban J connectivity index is 0.000000669. The number of ether oxygens (including phenoxy) is 3. The number of carboxylic acids is 1. The number of nitrogens with zero attached hydrogens (tertiary/aromatic N) is 2. The van der Waals surface area contributed by atoms with Gasteiger partial charge in [0.2, 0.25) is 0 Å². The number of aromatic carboxylic acids is 1. The summed E-state index contributed by atoms with van der Waals surface area (Å²) < 4.78 is 69.9. The Morgan fingerprint density at radius 2 is 1.15 bits per heavy atom. The third-order valence-corrected chi connectivity index (χ3v) is 5.87. The molecule has 0 aromatic heterocycles. The summed E-state index contributed by atoms with van der Waals surface area (Å²) in [6.45, 7) is 7.52. The van der Waals surface area contributed by atoms with Crippen molar-refractivity contribution in [3.8, 4) is 0 Å². The molecule has 0 unspecified atom stereocenters. The van der Waals surface area contributed by atoms with Gasteiger partial charge in [-0.05, 0) is 69.0 Å². The summed E-state index contributed by atoms with van der Waals surface area (Å²) >= 11 is -1.61. The van der Waals surface area contributed by atoms with Crippen LogP contribution in [0.2, 0.25) is 0 Å². The normalized spacial score (nSPS) is 12.3. The molecule has 0 atom stereocenters. The number of hydrogen-bond donors (Lipinski definition) is 3. The molecular formula is C31H36F3N3O16S. The number of carbonyl (C=O) groups is 3. The summed E-state index contributed by atoms with van der Waals surface area (Å²) in [4.78, 5) is 51.4. The molecular weight excluding hydrogens is 759 g/mol. The fourth-order valence-electron chi connectivity index (χ4n) is 3.25. The van der Waals surface area contributed by atoms with Crippen LogP contribution in [0, 0.1) is 37.7 Å². The lowest BCUT2D eigenvalue weighted by Crippen LogP contribution is -2.12. The first-order valence-electron chi connectivity index (χ1n) is 15.2. The quantitative estimate of drug-likeness (QED) is 0.0913. The Hall–Kier alpha value is -5.59. The van der Waals surface area contributed by atoms with Crippen LogP contribution in [0.3, 0.4) is 0 Å². The molecule has 2 heterocycles. The van der Waals surface area contributed by atoms with Gasteiger partial charge in [0.25, 0.3) is 11.4 Å². The predicted octanol–water partition coefficient (Wildman–Crippen LogP) is 5.18. The minimum atomic E-state index is -1.61. The zero-order valence-corrected chi connectivity index (χ0v) is 29.6. The van der Waals surface area contributed by atoms with Gasteiger partial charge in [-0.1, -0.05) is 8.67 Å². The molecule has 0 saturated carbocycles. The molecule has 54 heavy (non-hydrogen) atoms. The number of esters is 2. The monoisotopic (exact) mass is 795 g/mol. The first-order valence-corrected chi connectivity index (χ1v) is 16.2. The zero-order chi connectivity index (χ0) is 41.2. The Morgan fingerprint density at radius 1 is 0.778 bits per heavy atom. The van der Waals surface area contributed by atoms with Gasteiger partial charge in [-0.3, -0.25) is 20.2 Å². The Labute approximate surface area is 307 Å². The fraction of sp³-hybridized carbons (Fsp3) is 0.323. The lowest BCUT2D eigenvalue weighted by atomic mass is 10.2. The molecule has 0 amide bonds. The summed E-state index contributed by atoms with van der Waals surface area (Å²) in [5.74, 6) is -5.67. The van der Waals surface area contributed by atoms with Crippen LogP contribution in [0.4, 0.5) is 30.2 Å². The summed E-state index contributed by atoms with van der Waals surface area (Å²) in [6.07, 6.45) is 2.56. The molecule has 23 heteroatoms. The van der Waals surface area contributed by atoms with Gasteiger partial charge in [-0.25, -0.2) is 27.6 Å². The number of halogens is 3. The van der Waals surface area contributed by atoms with Crippen molar-refractivity contribution < 1.29 is 79.7 Å². The predicted molar refractivity (Wildman–Crippen MR) is 180 cm³/mol. The smallest absolute Gasteiger partial charge is 0.367 e. The van der Waals surface area contributed by atoms with Crippen molar-refractivity contribution in [3.05, 3.63) is 109 Å². The summed E-state index contributed by atoms with van der Waals surface area (Å²) in [7, 11) is 0. The molecule has 0 spiro atoms. The number of aliphatic hydroxyl groups is 1. The number of non-ortho nitro benzene ring substituents is 2. The highest BCUT2D eigenvalue weighted by molar-refractivity contribution is 7.75. The van der Waals surface area contributed by atoms with Crippen molar-refractivity contribution in [2.75, 3.05) is 38.8 Å². The third kappa shape index (κ3) is 19.3. The molecule has 4 N–H and O–H groups in total. The van der Waals surface area contributed by atoms with Gasteiger partial charge in [0, 0.05) is 37.6 Å². The molecule has 298 valence electrons. The van der Waals surface area contributed by atoms with Gasteiger partial charge < -0.3 is 30.2 Å². The van der Waals surface area contributed by atoms with Crippen molar-refractivity contribution in [2.24, 2.45) is 0 Å². The van der Waals surface area contributed by atoms with Crippen LogP contribution in [0.25, 0.3) is 0 Å². The van der Waals surface area contributed by atoms with E-state index < -0.39 is 73.5 Å². The van der Waals surface area contributed by atoms with Crippen LogP contribution in [0.15, 0.2) is 54.6 Å². The molecule has 0 bridgehead atoms. The van der Waals surface area contributed by atoms with Crippen LogP contribution in [0.1, 0.15) is 64.7 Å². The first kappa shape index (κ1) is 48.4. The van der Waals surface area contributed by atoms with E-state index in [9.17, 15) is 52.0 Å². The van der Waals surface area contributed by atoms with Gasteiger partial charge in [0.15, 0.2) is 0 Å². The van der Waals surface area contributed by atoms with E-state index in [1.54, 1.807) is 20.8 Å². The maximum atomic E-state index is 13.2. The number of benzene rings is 3. The maximum Gasteiger partial charge on any atom is 0.367 e. The van der Waals surface area contributed by atoms with E-state index in [1.807, 2.05) is 0 Å². The highest BCUT2D eigenvalue weighted by atomic mass is 32.2. The SMILES string of the molecule is C1CCOC1.CCO.CCOC(=O)c1ccc(N)cc1F.CCOC(=O)c1ccc([N+](=O)[O-])cc1F.O=C(O)c1ccc([N+](=O)[O-])cc1F.O=S1OOO1. The van der Waals surface area contributed by atoms with E-state index >= 15 is 0 Å². The van der Waals surface area contributed by atoms with Crippen LogP contribution < -0.4 is 5.73 Å². The minimum absolute atomic E-state index is 0.0870. The molecule has 2 aliphatic heterocycles.